The number of hydrogen-bond acceptors (Lipinski definition) is 7. The van der Waals surface area contributed by atoms with E-state index in [1.54, 1.807) is 12.2 Å². The number of amides is 1. The number of nitrogens with two attached hydrogens (primary N) is 1. The summed E-state index contributed by atoms with van der Waals surface area (Å²) in [7, 11) is 0. The van der Waals surface area contributed by atoms with Crippen LogP contribution in [0.3, 0.4) is 0 Å². The number of carbonyl (C=O) groups is 2. The van der Waals surface area contributed by atoms with Crippen LogP contribution in [0.4, 0.5) is 0 Å². The Morgan fingerprint density at radius 3 is 2.53 bits per heavy atom. The molecule has 2 aliphatic rings. The Morgan fingerprint density at radius 1 is 1.12 bits per heavy atom. The van der Waals surface area contributed by atoms with Crippen LogP contribution in [0.15, 0.2) is 59.3 Å². The molecule has 3 rings (SSSR count). The van der Waals surface area contributed by atoms with E-state index in [9.17, 15) is 20.0 Å². The largest absolute Gasteiger partial charge is 0.461 e. The van der Waals surface area contributed by atoms with Crippen molar-refractivity contribution in [3.63, 3.8) is 0 Å². The van der Waals surface area contributed by atoms with Gasteiger partial charge in [-0.1, -0.05) is 81.8 Å². The van der Waals surface area contributed by atoms with E-state index in [4.69, 9.17) is 15.3 Å². The van der Waals surface area contributed by atoms with E-state index in [1.807, 2.05) is 43.3 Å². The van der Waals surface area contributed by atoms with Gasteiger partial charge in [-0.3, -0.25) is 9.59 Å². The molecule has 8 atom stereocenters. The molecule has 0 aromatic heterocycles. The highest BCUT2D eigenvalue weighted by atomic mass is 16.6. The van der Waals surface area contributed by atoms with Crippen LogP contribution in [0, 0.1) is 46.8 Å². The standard InChI is InChI=1S/C35H49N3O5/c1-23-17-24(2)19-26(4)34(40)28(21-36)13-8-9-16-32(29-14-10-15-30(29)35(37)41)43-33(39)20-31(25(3)18-23)38-42-22-27-11-6-5-7-12-27/h5-9,11-13,23-26,29-30,32,34,40H,10,14-20,22H2,1-4H3,(H2,37,41)/b9-8+,28-13+,38-31+. The summed E-state index contributed by atoms with van der Waals surface area (Å²) in [4.78, 5) is 31.4. The van der Waals surface area contributed by atoms with Gasteiger partial charge in [0, 0.05) is 18.3 Å². The summed E-state index contributed by atoms with van der Waals surface area (Å²) in [6, 6.07) is 11.9. The molecule has 1 aliphatic carbocycles. The number of nitrogens with zero attached hydrogens (tertiary/aromatic N) is 2. The number of aliphatic hydroxyl groups excluding tert-OH is 1. The Morgan fingerprint density at radius 2 is 1.84 bits per heavy atom. The van der Waals surface area contributed by atoms with Crippen molar-refractivity contribution in [2.75, 3.05) is 0 Å². The molecule has 8 nitrogen and oxygen atoms in total. The van der Waals surface area contributed by atoms with Gasteiger partial charge in [-0.05, 0) is 67.4 Å². The van der Waals surface area contributed by atoms with Crippen LogP contribution in [0.2, 0.25) is 0 Å². The SMILES string of the molecule is CC1CC(C)CC(C)C(O)/C(C#N)=C/C=C/CC(C2CCCC2C(N)=O)OC(=O)C/C(=N\OCc2ccccc2)C(C)C1. The average molecular weight is 592 g/mol. The molecule has 3 N–H and O–H groups in total. The second-order valence-corrected chi connectivity index (χ2v) is 12.8. The van der Waals surface area contributed by atoms with Gasteiger partial charge in [0.15, 0.2) is 0 Å². The third kappa shape index (κ3) is 10.7. The number of rotatable bonds is 5. The Labute approximate surface area is 257 Å². The molecule has 1 aliphatic heterocycles. The van der Waals surface area contributed by atoms with Crippen molar-refractivity contribution in [2.45, 2.75) is 97.9 Å². The van der Waals surface area contributed by atoms with Gasteiger partial charge in [-0.25, -0.2) is 0 Å². The summed E-state index contributed by atoms with van der Waals surface area (Å²) in [6.45, 7) is 8.71. The van der Waals surface area contributed by atoms with Gasteiger partial charge in [-0.2, -0.15) is 5.26 Å². The Balaban J connectivity index is 1.90. The van der Waals surface area contributed by atoms with Crippen molar-refractivity contribution < 1.29 is 24.3 Å². The second-order valence-electron chi connectivity index (χ2n) is 12.8. The van der Waals surface area contributed by atoms with Crippen molar-refractivity contribution >= 4 is 17.6 Å². The molecule has 234 valence electrons. The van der Waals surface area contributed by atoms with E-state index in [0.29, 0.717) is 42.6 Å². The molecule has 0 radical (unpaired) electrons. The summed E-state index contributed by atoms with van der Waals surface area (Å²) in [5.74, 6) is -0.766. The zero-order chi connectivity index (χ0) is 31.4. The molecule has 1 aromatic carbocycles. The van der Waals surface area contributed by atoms with E-state index in [2.05, 4.69) is 32.0 Å². The van der Waals surface area contributed by atoms with E-state index in [1.165, 1.54) is 0 Å². The van der Waals surface area contributed by atoms with Crippen LogP contribution in [0.1, 0.15) is 84.6 Å². The van der Waals surface area contributed by atoms with Crippen molar-refractivity contribution in [2.24, 2.45) is 46.4 Å². The molecule has 1 heterocycles. The Kier molecular flexibility index (Phi) is 13.5. The number of esters is 1. The van der Waals surface area contributed by atoms with Crippen LogP contribution in [-0.2, 0) is 25.8 Å². The van der Waals surface area contributed by atoms with Crippen LogP contribution in [0.5, 0.6) is 0 Å². The molecule has 8 heteroatoms. The number of cyclic esters (lactones) is 1. The zero-order valence-electron chi connectivity index (χ0n) is 26.2. The lowest BCUT2D eigenvalue weighted by Crippen LogP contribution is -2.36. The number of oxime groups is 1. The number of benzene rings is 1. The first-order valence-electron chi connectivity index (χ1n) is 15.7. The normalized spacial score (nSPS) is 34.6. The van der Waals surface area contributed by atoms with E-state index >= 15 is 0 Å². The quantitative estimate of drug-likeness (QED) is 0.307. The highest BCUT2D eigenvalue weighted by molar-refractivity contribution is 6.00. The number of hydrogen-bond donors (Lipinski definition) is 2. The number of allylic oxidation sites excluding steroid dienone is 2. The minimum Gasteiger partial charge on any atom is -0.461 e. The Hall–Kier alpha value is -3.44. The maximum atomic E-state index is 13.4. The monoisotopic (exact) mass is 591 g/mol. The van der Waals surface area contributed by atoms with Gasteiger partial charge in [0.1, 0.15) is 12.7 Å². The van der Waals surface area contributed by atoms with E-state index in [0.717, 1.165) is 37.7 Å². The molecule has 1 aromatic rings. The highest BCUT2D eigenvalue weighted by Crippen LogP contribution is 2.37. The molecule has 43 heavy (non-hydrogen) atoms. The van der Waals surface area contributed by atoms with Gasteiger partial charge in [-0.15, -0.1) is 0 Å². The maximum Gasteiger partial charge on any atom is 0.311 e. The number of aliphatic hydroxyl groups is 1. The fourth-order valence-electron chi connectivity index (χ4n) is 6.79. The lowest BCUT2D eigenvalue weighted by Gasteiger charge is -2.27. The first-order valence-corrected chi connectivity index (χ1v) is 15.7. The van der Waals surface area contributed by atoms with Crippen molar-refractivity contribution in [1.29, 1.82) is 5.26 Å². The van der Waals surface area contributed by atoms with Gasteiger partial charge >= 0.3 is 5.97 Å². The third-order valence-electron chi connectivity index (χ3n) is 8.95. The Bertz CT molecular complexity index is 1190. The summed E-state index contributed by atoms with van der Waals surface area (Å²) in [6.07, 6.45) is 8.92. The van der Waals surface area contributed by atoms with Crippen LogP contribution in [-0.4, -0.2) is 34.9 Å². The molecule has 0 spiro atoms. The molecule has 1 saturated carbocycles. The molecule has 1 fully saturated rings. The van der Waals surface area contributed by atoms with Crippen LogP contribution in [0.25, 0.3) is 0 Å². The molecular formula is C35H49N3O5. The smallest absolute Gasteiger partial charge is 0.311 e. The highest BCUT2D eigenvalue weighted by Gasteiger charge is 2.38. The maximum absolute atomic E-state index is 13.4. The zero-order valence-corrected chi connectivity index (χ0v) is 26.2. The molecular weight excluding hydrogens is 542 g/mol. The predicted molar refractivity (Wildman–Crippen MR) is 167 cm³/mol. The lowest BCUT2D eigenvalue weighted by molar-refractivity contribution is -0.152. The molecule has 8 unspecified atom stereocenters. The van der Waals surface area contributed by atoms with Gasteiger partial charge in [0.25, 0.3) is 0 Å². The fraction of sp³-hybridized carbons (Fsp3) is 0.600. The first kappa shape index (κ1) is 34.1. The molecule has 0 bridgehead atoms. The summed E-state index contributed by atoms with van der Waals surface area (Å²) < 4.78 is 6.07. The molecule has 0 saturated heterocycles. The average Bonchev–Trinajstić information content (AvgIpc) is 3.46. The minimum absolute atomic E-state index is 0.00584. The number of ether oxygens (including phenoxy) is 1. The minimum atomic E-state index is -0.867. The summed E-state index contributed by atoms with van der Waals surface area (Å²) in [5, 5.41) is 25.1. The first-order chi connectivity index (χ1) is 20.6. The summed E-state index contributed by atoms with van der Waals surface area (Å²) >= 11 is 0. The second kappa shape index (κ2) is 17.0. The topological polar surface area (TPSA) is 135 Å². The van der Waals surface area contributed by atoms with Gasteiger partial charge < -0.3 is 20.4 Å². The van der Waals surface area contributed by atoms with E-state index in [-0.39, 0.29) is 36.0 Å². The lowest BCUT2D eigenvalue weighted by atomic mass is 9.82. The molecule has 1 amide bonds. The van der Waals surface area contributed by atoms with Crippen molar-refractivity contribution in [3.05, 3.63) is 59.7 Å². The van der Waals surface area contributed by atoms with Crippen molar-refractivity contribution in [3.8, 4) is 6.07 Å². The van der Waals surface area contributed by atoms with Gasteiger partial charge in [0.05, 0.1) is 29.9 Å². The predicted octanol–water partition coefficient (Wildman–Crippen LogP) is 6.25. The van der Waals surface area contributed by atoms with Crippen LogP contribution < -0.4 is 5.73 Å². The number of nitriles is 1. The number of primary amides is 1. The van der Waals surface area contributed by atoms with Gasteiger partial charge in [0.2, 0.25) is 5.91 Å². The van der Waals surface area contributed by atoms with E-state index < -0.39 is 18.2 Å². The number of carbonyl (C=O) groups excluding carboxylic acids is 2. The van der Waals surface area contributed by atoms with Crippen LogP contribution >= 0.6 is 0 Å². The fourth-order valence-corrected chi connectivity index (χ4v) is 6.79. The summed E-state index contributed by atoms with van der Waals surface area (Å²) in [5.41, 5.74) is 7.65. The van der Waals surface area contributed by atoms with Crippen molar-refractivity contribution in [1.82, 2.24) is 0 Å². The third-order valence-corrected chi connectivity index (χ3v) is 8.95.